The van der Waals surface area contributed by atoms with Gasteiger partial charge in [-0.05, 0) is 24.3 Å². The SMILES string of the molecule is O=C(COc1ccc2c(=O)c3ccccc3oc2c1)N1CCNCC1. The first kappa shape index (κ1) is 15.7. The molecular weight excluding hydrogens is 320 g/mol. The molecule has 0 saturated carbocycles. The van der Waals surface area contributed by atoms with Crippen molar-refractivity contribution in [3.63, 3.8) is 0 Å². The number of ether oxygens (including phenoxy) is 1. The van der Waals surface area contributed by atoms with Crippen LogP contribution >= 0.6 is 0 Å². The van der Waals surface area contributed by atoms with Gasteiger partial charge in [-0.3, -0.25) is 9.59 Å². The molecular formula is C19H18N2O4. The summed E-state index contributed by atoms with van der Waals surface area (Å²) >= 11 is 0. The predicted molar refractivity (Wildman–Crippen MR) is 94.9 cm³/mol. The number of rotatable bonds is 3. The highest BCUT2D eigenvalue weighted by atomic mass is 16.5. The largest absolute Gasteiger partial charge is 0.484 e. The molecule has 25 heavy (non-hydrogen) atoms. The lowest BCUT2D eigenvalue weighted by Crippen LogP contribution is -2.47. The molecule has 2 heterocycles. The van der Waals surface area contributed by atoms with E-state index in [9.17, 15) is 9.59 Å². The number of benzene rings is 2. The number of amides is 1. The van der Waals surface area contributed by atoms with Gasteiger partial charge in [0.25, 0.3) is 5.91 Å². The van der Waals surface area contributed by atoms with E-state index in [1.807, 2.05) is 12.1 Å². The summed E-state index contributed by atoms with van der Waals surface area (Å²) in [5.74, 6) is 0.468. The van der Waals surface area contributed by atoms with E-state index in [2.05, 4.69) is 5.32 Å². The van der Waals surface area contributed by atoms with Crippen LogP contribution in [0.2, 0.25) is 0 Å². The average Bonchev–Trinajstić information content (AvgIpc) is 2.67. The highest BCUT2D eigenvalue weighted by Crippen LogP contribution is 2.22. The van der Waals surface area contributed by atoms with E-state index in [0.29, 0.717) is 40.8 Å². The summed E-state index contributed by atoms with van der Waals surface area (Å²) in [4.78, 5) is 26.5. The molecule has 1 aliphatic heterocycles. The minimum absolute atomic E-state index is 0.0245. The molecule has 0 atom stereocenters. The second kappa shape index (κ2) is 6.57. The van der Waals surface area contributed by atoms with Crippen molar-refractivity contribution in [3.8, 4) is 5.75 Å². The van der Waals surface area contributed by atoms with Crippen molar-refractivity contribution >= 4 is 27.8 Å². The number of piperazine rings is 1. The van der Waals surface area contributed by atoms with Gasteiger partial charge >= 0.3 is 0 Å². The van der Waals surface area contributed by atoms with Crippen LogP contribution in [0.4, 0.5) is 0 Å². The molecule has 6 heteroatoms. The number of carbonyl (C=O) groups excluding carboxylic acids is 1. The van der Waals surface area contributed by atoms with Crippen molar-refractivity contribution in [2.45, 2.75) is 0 Å². The van der Waals surface area contributed by atoms with Crippen molar-refractivity contribution in [1.29, 1.82) is 0 Å². The van der Waals surface area contributed by atoms with Gasteiger partial charge in [0.05, 0.1) is 10.8 Å². The number of fused-ring (bicyclic) bond motifs is 2. The first-order valence-electron chi connectivity index (χ1n) is 8.29. The molecule has 0 bridgehead atoms. The first-order valence-corrected chi connectivity index (χ1v) is 8.29. The molecule has 1 N–H and O–H groups in total. The third-order valence-corrected chi connectivity index (χ3v) is 4.38. The van der Waals surface area contributed by atoms with Crippen molar-refractivity contribution in [3.05, 3.63) is 52.7 Å². The zero-order valence-electron chi connectivity index (χ0n) is 13.7. The minimum Gasteiger partial charge on any atom is -0.484 e. The number of para-hydroxylation sites is 1. The Bertz CT molecular complexity index is 990. The Hall–Kier alpha value is -2.86. The summed E-state index contributed by atoms with van der Waals surface area (Å²) in [5.41, 5.74) is 0.921. The van der Waals surface area contributed by atoms with Gasteiger partial charge < -0.3 is 19.4 Å². The minimum atomic E-state index is -0.0692. The van der Waals surface area contributed by atoms with Crippen LogP contribution in [-0.4, -0.2) is 43.6 Å². The maximum absolute atomic E-state index is 12.5. The van der Waals surface area contributed by atoms with Crippen molar-refractivity contribution < 1.29 is 13.9 Å². The topological polar surface area (TPSA) is 71.8 Å². The van der Waals surface area contributed by atoms with Gasteiger partial charge in [0.1, 0.15) is 16.9 Å². The molecule has 0 aliphatic carbocycles. The van der Waals surface area contributed by atoms with E-state index in [1.54, 1.807) is 35.2 Å². The molecule has 0 radical (unpaired) electrons. The summed E-state index contributed by atoms with van der Waals surface area (Å²) in [6.45, 7) is 2.98. The second-order valence-electron chi connectivity index (χ2n) is 6.00. The molecule has 128 valence electrons. The fraction of sp³-hybridized carbons (Fsp3) is 0.263. The van der Waals surface area contributed by atoms with Gasteiger partial charge in [0, 0.05) is 32.2 Å². The monoisotopic (exact) mass is 338 g/mol. The Kier molecular flexibility index (Phi) is 4.11. The fourth-order valence-electron chi connectivity index (χ4n) is 3.02. The summed E-state index contributed by atoms with van der Waals surface area (Å²) in [6.07, 6.45) is 0. The lowest BCUT2D eigenvalue weighted by atomic mass is 10.1. The molecule has 0 unspecified atom stereocenters. The maximum atomic E-state index is 12.5. The van der Waals surface area contributed by atoms with Crippen LogP contribution in [-0.2, 0) is 4.79 Å². The number of nitrogens with zero attached hydrogens (tertiary/aromatic N) is 1. The molecule has 1 fully saturated rings. The molecule has 1 aromatic heterocycles. The summed E-state index contributed by atoms with van der Waals surface area (Å²) < 4.78 is 11.4. The van der Waals surface area contributed by atoms with Gasteiger partial charge in [-0.15, -0.1) is 0 Å². The molecule has 0 spiro atoms. The van der Waals surface area contributed by atoms with Crippen LogP contribution in [0.15, 0.2) is 51.7 Å². The van der Waals surface area contributed by atoms with Gasteiger partial charge in [0.2, 0.25) is 5.43 Å². The van der Waals surface area contributed by atoms with E-state index in [1.165, 1.54) is 0 Å². The Morgan fingerprint density at radius 1 is 1.08 bits per heavy atom. The van der Waals surface area contributed by atoms with Crippen LogP contribution in [0.25, 0.3) is 21.9 Å². The van der Waals surface area contributed by atoms with Crippen molar-refractivity contribution in [2.24, 2.45) is 0 Å². The number of hydrogen-bond donors (Lipinski definition) is 1. The van der Waals surface area contributed by atoms with Gasteiger partial charge in [0.15, 0.2) is 6.61 Å². The van der Waals surface area contributed by atoms with Crippen LogP contribution in [0, 0.1) is 0 Å². The first-order chi connectivity index (χ1) is 12.2. The van der Waals surface area contributed by atoms with E-state index < -0.39 is 0 Å². The number of carbonyl (C=O) groups is 1. The Morgan fingerprint density at radius 3 is 2.68 bits per heavy atom. The van der Waals surface area contributed by atoms with Crippen molar-refractivity contribution in [1.82, 2.24) is 10.2 Å². The van der Waals surface area contributed by atoms with Crippen LogP contribution in [0.1, 0.15) is 0 Å². The number of hydrogen-bond acceptors (Lipinski definition) is 5. The Labute approximate surface area is 144 Å². The normalized spacial score (nSPS) is 14.8. The molecule has 1 amide bonds. The standard InChI is InChI=1S/C19H18N2O4/c22-18(21-9-7-20-8-10-21)12-24-13-5-6-15-17(11-13)25-16-4-2-1-3-14(16)19(15)23/h1-6,11,20H,7-10,12H2. The Morgan fingerprint density at radius 2 is 1.84 bits per heavy atom. The molecule has 3 aromatic rings. The molecule has 1 saturated heterocycles. The Balaban J connectivity index is 1.57. The van der Waals surface area contributed by atoms with Gasteiger partial charge in [-0.1, -0.05) is 12.1 Å². The van der Waals surface area contributed by atoms with Gasteiger partial charge in [-0.2, -0.15) is 0 Å². The molecule has 2 aromatic carbocycles. The summed E-state index contributed by atoms with van der Waals surface area (Å²) in [7, 11) is 0. The van der Waals surface area contributed by atoms with E-state index >= 15 is 0 Å². The zero-order chi connectivity index (χ0) is 17.2. The predicted octanol–water partition coefficient (Wildman–Crippen LogP) is 1.76. The fourth-order valence-corrected chi connectivity index (χ4v) is 3.02. The van der Waals surface area contributed by atoms with Gasteiger partial charge in [-0.25, -0.2) is 0 Å². The quantitative estimate of drug-likeness (QED) is 0.737. The second-order valence-corrected chi connectivity index (χ2v) is 6.00. The third kappa shape index (κ3) is 3.08. The molecule has 4 rings (SSSR count). The lowest BCUT2D eigenvalue weighted by molar-refractivity contribution is -0.133. The average molecular weight is 338 g/mol. The van der Waals surface area contributed by atoms with Crippen LogP contribution in [0.3, 0.4) is 0 Å². The highest BCUT2D eigenvalue weighted by Gasteiger charge is 2.16. The summed E-state index contributed by atoms with van der Waals surface area (Å²) in [5, 5.41) is 4.26. The lowest BCUT2D eigenvalue weighted by Gasteiger charge is -2.27. The number of nitrogens with one attached hydrogen (secondary N) is 1. The maximum Gasteiger partial charge on any atom is 0.260 e. The van der Waals surface area contributed by atoms with Crippen molar-refractivity contribution in [2.75, 3.05) is 32.8 Å². The smallest absolute Gasteiger partial charge is 0.260 e. The summed E-state index contributed by atoms with van der Waals surface area (Å²) in [6, 6.07) is 12.2. The molecule has 6 nitrogen and oxygen atoms in total. The molecule has 1 aliphatic rings. The van der Waals surface area contributed by atoms with Crippen LogP contribution < -0.4 is 15.5 Å². The van der Waals surface area contributed by atoms with E-state index in [-0.39, 0.29) is 17.9 Å². The highest BCUT2D eigenvalue weighted by molar-refractivity contribution is 5.90. The van der Waals surface area contributed by atoms with E-state index in [4.69, 9.17) is 9.15 Å². The van der Waals surface area contributed by atoms with Crippen LogP contribution in [0.5, 0.6) is 5.75 Å². The van der Waals surface area contributed by atoms with E-state index in [0.717, 1.165) is 13.1 Å². The zero-order valence-corrected chi connectivity index (χ0v) is 13.7. The third-order valence-electron chi connectivity index (χ3n) is 4.38.